The summed E-state index contributed by atoms with van der Waals surface area (Å²) in [6.07, 6.45) is 0.632. The van der Waals surface area contributed by atoms with E-state index in [1.165, 1.54) is 0 Å². The molecule has 0 unspecified atom stereocenters. The Balaban J connectivity index is 2.82. The van der Waals surface area contributed by atoms with Crippen molar-refractivity contribution in [3.05, 3.63) is 23.8 Å². The SMILES string of the molecule is CC[C@@H](C)N(Cc1cc(OC)cc(OC)c1)C[C@@H](O)COC(C)C. The van der Waals surface area contributed by atoms with Crippen LogP contribution in [-0.2, 0) is 11.3 Å². The van der Waals surface area contributed by atoms with Crippen molar-refractivity contribution in [3.63, 3.8) is 0 Å². The lowest BCUT2D eigenvalue weighted by Gasteiger charge is -2.31. The molecule has 0 bridgehead atoms. The first kappa shape index (κ1) is 20.7. The molecular formula is C19H33NO4. The molecule has 0 aromatic heterocycles. The molecule has 1 aromatic carbocycles. The average Bonchev–Trinajstić information content (AvgIpc) is 2.58. The molecule has 0 saturated heterocycles. The molecular weight excluding hydrogens is 306 g/mol. The molecule has 5 nitrogen and oxygen atoms in total. The highest BCUT2D eigenvalue weighted by Gasteiger charge is 2.18. The molecule has 0 amide bonds. The summed E-state index contributed by atoms with van der Waals surface area (Å²) in [5, 5.41) is 10.3. The number of methoxy groups -OCH3 is 2. The van der Waals surface area contributed by atoms with Crippen molar-refractivity contribution in [2.75, 3.05) is 27.4 Å². The number of rotatable bonds is 11. The van der Waals surface area contributed by atoms with Crippen LogP contribution in [0, 0.1) is 0 Å². The highest BCUT2D eigenvalue weighted by Crippen LogP contribution is 2.24. The van der Waals surface area contributed by atoms with Gasteiger partial charge in [-0.2, -0.15) is 0 Å². The second-order valence-electron chi connectivity index (χ2n) is 6.44. The molecule has 2 atom stereocenters. The van der Waals surface area contributed by atoms with E-state index in [1.54, 1.807) is 14.2 Å². The molecule has 5 heteroatoms. The van der Waals surface area contributed by atoms with Crippen molar-refractivity contribution in [2.45, 2.75) is 58.9 Å². The third-order valence-corrected chi connectivity index (χ3v) is 4.08. The first-order valence-electron chi connectivity index (χ1n) is 8.65. The van der Waals surface area contributed by atoms with Crippen LogP contribution in [0.5, 0.6) is 11.5 Å². The van der Waals surface area contributed by atoms with E-state index >= 15 is 0 Å². The average molecular weight is 339 g/mol. The van der Waals surface area contributed by atoms with Crippen LogP contribution >= 0.6 is 0 Å². The van der Waals surface area contributed by atoms with Crippen LogP contribution in [0.15, 0.2) is 18.2 Å². The van der Waals surface area contributed by atoms with Crippen molar-refractivity contribution in [2.24, 2.45) is 0 Å². The molecule has 0 aliphatic heterocycles. The van der Waals surface area contributed by atoms with E-state index in [0.29, 0.717) is 19.2 Å². The summed E-state index contributed by atoms with van der Waals surface area (Å²) in [6, 6.07) is 6.24. The van der Waals surface area contributed by atoms with Gasteiger partial charge < -0.3 is 19.3 Å². The van der Waals surface area contributed by atoms with Crippen LogP contribution in [0.4, 0.5) is 0 Å². The van der Waals surface area contributed by atoms with Crippen LogP contribution in [0.25, 0.3) is 0 Å². The zero-order valence-electron chi connectivity index (χ0n) is 15.9. The van der Waals surface area contributed by atoms with Crippen molar-refractivity contribution in [1.82, 2.24) is 4.90 Å². The smallest absolute Gasteiger partial charge is 0.122 e. The Morgan fingerprint density at radius 1 is 1.04 bits per heavy atom. The van der Waals surface area contributed by atoms with Crippen LogP contribution < -0.4 is 9.47 Å². The molecule has 0 aliphatic rings. The Labute approximate surface area is 146 Å². The summed E-state index contributed by atoms with van der Waals surface area (Å²) >= 11 is 0. The molecule has 24 heavy (non-hydrogen) atoms. The number of ether oxygens (including phenoxy) is 3. The van der Waals surface area contributed by atoms with Gasteiger partial charge in [-0.15, -0.1) is 0 Å². The molecule has 138 valence electrons. The summed E-state index contributed by atoms with van der Waals surface area (Å²) in [5.74, 6) is 1.55. The van der Waals surface area contributed by atoms with E-state index in [-0.39, 0.29) is 6.10 Å². The third-order valence-electron chi connectivity index (χ3n) is 4.08. The standard InChI is InChI=1S/C19H33NO4/c1-7-15(4)20(12-17(21)13-24-14(2)3)11-16-8-18(22-5)10-19(9-16)23-6/h8-10,14-15,17,21H,7,11-13H2,1-6H3/t15-,17-/m1/s1. The topological polar surface area (TPSA) is 51.2 Å². The molecule has 0 saturated carbocycles. The minimum absolute atomic E-state index is 0.124. The highest BCUT2D eigenvalue weighted by molar-refractivity contribution is 5.38. The fourth-order valence-electron chi connectivity index (χ4n) is 2.48. The minimum atomic E-state index is -0.506. The molecule has 0 spiro atoms. The number of aliphatic hydroxyl groups is 1. The lowest BCUT2D eigenvalue weighted by atomic mass is 10.1. The Kier molecular flexibility index (Phi) is 9.11. The van der Waals surface area contributed by atoms with Crippen LogP contribution in [0.3, 0.4) is 0 Å². The third kappa shape index (κ3) is 7.07. The van der Waals surface area contributed by atoms with E-state index in [9.17, 15) is 5.11 Å². The largest absolute Gasteiger partial charge is 0.497 e. The van der Waals surface area contributed by atoms with E-state index in [0.717, 1.165) is 30.0 Å². The summed E-state index contributed by atoms with van der Waals surface area (Å²) < 4.78 is 16.2. The van der Waals surface area contributed by atoms with Gasteiger partial charge in [-0.05, 0) is 44.9 Å². The lowest BCUT2D eigenvalue weighted by Crippen LogP contribution is -2.40. The number of hydrogen-bond donors (Lipinski definition) is 1. The van der Waals surface area contributed by atoms with Gasteiger partial charge in [-0.25, -0.2) is 0 Å². The fraction of sp³-hybridized carbons (Fsp3) is 0.684. The fourth-order valence-corrected chi connectivity index (χ4v) is 2.48. The Bertz CT molecular complexity index is 456. The Morgan fingerprint density at radius 2 is 1.62 bits per heavy atom. The second-order valence-corrected chi connectivity index (χ2v) is 6.44. The molecule has 1 aromatic rings. The number of aliphatic hydroxyl groups excluding tert-OH is 1. The quantitative estimate of drug-likeness (QED) is 0.671. The monoisotopic (exact) mass is 339 g/mol. The van der Waals surface area contributed by atoms with E-state index < -0.39 is 6.10 Å². The number of hydrogen-bond acceptors (Lipinski definition) is 5. The predicted octanol–water partition coefficient (Wildman–Crippen LogP) is 3.09. The maximum Gasteiger partial charge on any atom is 0.122 e. The summed E-state index contributed by atoms with van der Waals surface area (Å²) in [5.41, 5.74) is 1.10. The van der Waals surface area contributed by atoms with Crippen LogP contribution in [-0.4, -0.2) is 55.6 Å². The lowest BCUT2D eigenvalue weighted by molar-refractivity contribution is -0.0149. The predicted molar refractivity (Wildman–Crippen MR) is 96.8 cm³/mol. The van der Waals surface area contributed by atoms with Gasteiger partial charge in [-0.3, -0.25) is 4.90 Å². The number of benzene rings is 1. The van der Waals surface area contributed by atoms with Crippen LogP contribution in [0.1, 0.15) is 39.7 Å². The van der Waals surface area contributed by atoms with Crippen molar-refractivity contribution in [1.29, 1.82) is 0 Å². The van der Waals surface area contributed by atoms with Gasteiger partial charge in [0.25, 0.3) is 0 Å². The van der Waals surface area contributed by atoms with Gasteiger partial charge >= 0.3 is 0 Å². The zero-order valence-corrected chi connectivity index (χ0v) is 15.9. The van der Waals surface area contributed by atoms with Crippen LogP contribution in [0.2, 0.25) is 0 Å². The van der Waals surface area contributed by atoms with Crippen molar-refractivity contribution in [3.8, 4) is 11.5 Å². The minimum Gasteiger partial charge on any atom is -0.497 e. The van der Waals surface area contributed by atoms with Gasteiger partial charge in [0, 0.05) is 25.2 Å². The van der Waals surface area contributed by atoms with E-state index in [4.69, 9.17) is 14.2 Å². The molecule has 0 aliphatic carbocycles. The van der Waals surface area contributed by atoms with Crippen molar-refractivity contribution < 1.29 is 19.3 Å². The first-order chi connectivity index (χ1) is 11.4. The Hall–Kier alpha value is -1.30. The van der Waals surface area contributed by atoms with Gasteiger partial charge in [0.05, 0.1) is 33.0 Å². The van der Waals surface area contributed by atoms with E-state index in [2.05, 4.69) is 18.7 Å². The molecule has 0 radical (unpaired) electrons. The molecule has 1 rings (SSSR count). The molecule has 0 fully saturated rings. The van der Waals surface area contributed by atoms with E-state index in [1.807, 2.05) is 32.0 Å². The number of nitrogens with zero attached hydrogens (tertiary/aromatic N) is 1. The normalized spacial score (nSPS) is 14.0. The van der Waals surface area contributed by atoms with Gasteiger partial charge in [0.2, 0.25) is 0 Å². The van der Waals surface area contributed by atoms with Crippen molar-refractivity contribution >= 4 is 0 Å². The maximum atomic E-state index is 10.3. The highest BCUT2D eigenvalue weighted by atomic mass is 16.5. The summed E-state index contributed by atoms with van der Waals surface area (Å²) in [6.45, 7) is 9.92. The Morgan fingerprint density at radius 3 is 2.08 bits per heavy atom. The molecule has 0 heterocycles. The van der Waals surface area contributed by atoms with Gasteiger partial charge in [0.1, 0.15) is 11.5 Å². The summed E-state index contributed by atoms with van der Waals surface area (Å²) in [7, 11) is 3.30. The second kappa shape index (κ2) is 10.5. The molecule has 1 N–H and O–H groups in total. The zero-order chi connectivity index (χ0) is 18.1. The first-order valence-corrected chi connectivity index (χ1v) is 8.65. The van der Waals surface area contributed by atoms with Gasteiger partial charge in [-0.1, -0.05) is 6.92 Å². The van der Waals surface area contributed by atoms with Gasteiger partial charge in [0.15, 0.2) is 0 Å². The summed E-state index contributed by atoms with van der Waals surface area (Å²) in [4.78, 5) is 2.27. The maximum absolute atomic E-state index is 10.3.